The third kappa shape index (κ3) is 4.09. The average Bonchev–Trinajstić information content (AvgIpc) is 3.22. The molecule has 3 aromatic rings. The fourth-order valence-corrected chi connectivity index (χ4v) is 3.75. The molecule has 4 rings (SSSR count). The normalized spacial score (nSPS) is 16.6. The van der Waals surface area contributed by atoms with Crippen LogP contribution in [0.1, 0.15) is 45.8 Å². The lowest BCUT2D eigenvalue weighted by molar-refractivity contribution is -0.138. The Bertz CT molecular complexity index is 1270. The first-order chi connectivity index (χ1) is 15.6. The molecule has 11 heteroatoms. The number of carbonyl (C=O) groups excluding carboxylic acids is 1. The number of aryl methyl sites for hydroxylation is 1. The molecule has 0 saturated carbocycles. The van der Waals surface area contributed by atoms with Gasteiger partial charge in [0, 0.05) is 24.6 Å². The number of benzene rings is 1. The van der Waals surface area contributed by atoms with Crippen LogP contribution in [-0.2, 0) is 6.18 Å². The molecule has 3 N–H and O–H groups in total. The Hall–Kier alpha value is -4.02. The van der Waals surface area contributed by atoms with Crippen molar-refractivity contribution in [2.45, 2.75) is 26.1 Å². The van der Waals surface area contributed by atoms with E-state index in [0.717, 1.165) is 6.07 Å². The van der Waals surface area contributed by atoms with Crippen LogP contribution in [0.5, 0.6) is 0 Å². The maximum absolute atomic E-state index is 13.4. The topological polar surface area (TPSA) is 111 Å². The van der Waals surface area contributed by atoms with Crippen molar-refractivity contribution in [3.8, 4) is 0 Å². The second kappa shape index (κ2) is 8.15. The maximum Gasteiger partial charge on any atom is 0.416 e. The van der Waals surface area contributed by atoms with E-state index in [1.54, 1.807) is 0 Å². The molecule has 0 fully saturated rings. The van der Waals surface area contributed by atoms with Crippen molar-refractivity contribution >= 4 is 23.1 Å². The smallest absolute Gasteiger partial charge is 0.416 e. The van der Waals surface area contributed by atoms with Crippen LogP contribution in [-0.4, -0.2) is 43.0 Å². The molecule has 0 aliphatic carbocycles. The lowest BCUT2D eigenvalue weighted by Crippen LogP contribution is -2.43. The quantitative estimate of drug-likeness (QED) is 0.368. The number of aromatic nitrogens is 4. The zero-order valence-electron chi connectivity index (χ0n) is 17.7. The van der Waals surface area contributed by atoms with E-state index >= 15 is 0 Å². The number of amides is 1. The Morgan fingerprint density at radius 2 is 2.03 bits per heavy atom. The van der Waals surface area contributed by atoms with Crippen LogP contribution < -0.4 is 4.90 Å². The molecular weight excluding hydrogens is 437 g/mol. The molecule has 1 amide bonds. The van der Waals surface area contributed by atoms with Gasteiger partial charge in [-0.25, -0.2) is 0 Å². The number of alkyl halides is 3. The number of rotatable bonds is 4. The van der Waals surface area contributed by atoms with Crippen LogP contribution in [0, 0.1) is 12.3 Å². The summed E-state index contributed by atoms with van der Waals surface area (Å²) >= 11 is 0. The van der Waals surface area contributed by atoms with Crippen molar-refractivity contribution in [2.24, 2.45) is 0 Å². The third-order valence-electron chi connectivity index (χ3n) is 5.35. The lowest BCUT2D eigenvalue weighted by Gasteiger charge is -2.32. The van der Waals surface area contributed by atoms with Gasteiger partial charge in [-0.1, -0.05) is 0 Å². The molecule has 0 radical (unpaired) electrons. The van der Waals surface area contributed by atoms with E-state index in [-0.39, 0.29) is 46.6 Å². The van der Waals surface area contributed by atoms with E-state index < -0.39 is 17.6 Å². The summed E-state index contributed by atoms with van der Waals surface area (Å²) in [5, 5.41) is 20.8. The number of nitrogens with one attached hydrogen (secondary N) is 1. The van der Waals surface area contributed by atoms with Gasteiger partial charge >= 0.3 is 6.18 Å². The van der Waals surface area contributed by atoms with Crippen LogP contribution in [0.25, 0.3) is 5.76 Å². The van der Waals surface area contributed by atoms with Gasteiger partial charge in [-0.15, -0.1) is 0 Å². The molecule has 1 aliphatic rings. The van der Waals surface area contributed by atoms with Crippen LogP contribution in [0.2, 0.25) is 0 Å². The zero-order chi connectivity index (χ0) is 23.9. The maximum atomic E-state index is 13.4. The molecule has 0 spiro atoms. The summed E-state index contributed by atoms with van der Waals surface area (Å²) in [6.45, 7) is 3.39. The molecule has 1 aromatic carbocycles. The number of fused-ring (bicyclic) bond motifs is 1. The highest BCUT2D eigenvalue weighted by molar-refractivity contribution is 6.11. The Morgan fingerprint density at radius 1 is 1.27 bits per heavy atom. The van der Waals surface area contributed by atoms with E-state index in [1.807, 2.05) is 6.92 Å². The number of allylic oxidation sites excluding steroid dienone is 1. The van der Waals surface area contributed by atoms with Gasteiger partial charge in [0.25, 0.3) is 11.7 Å². The first-order valence-electron chi connectivity index (χ1n) is 9.93. The molecule has 3 heterocycles. The predicted octanol–water partition coefficient (Wildman–Crippen LogP) is 3.36. The van der Waals surface area contributed by atoms with Crippen molar-refractivity contribution in [3.05, 3.63) is 77.1 Å². The first-order valence-corrected chi connectivity index (χ1v) is 9.93. The van der Waals surface area contributed by atoms with Crippen molar-refractivity contribution in [2.75, 3.05) is 11.4 Å². The van der Waals surface area contributed by atoms with Crippen LogP contribution in [0.3, 0.4) is 0 Å². The Balaban J connectivity index is 1.70. The van der Waals surface area contributed by atoms with Crippen molar-refractivity contribution < 1.29 is 23.1 Å². The van der Waals surface area contributed by atoms with E-state index in [2.05, 4.69) is 15.1 Å². The molecular formula is C22H20F3N6O2+. The number of hydrogen-bond acceptors (Lipinski definition) is 5. The molecule has 1 aliphatic heterocycles. The van der Waals surface area contributed by atoms with Crippen LogP contribution >= 0.6 is 0 Å². The molecule has 170 valence electrons. The third-order valence-corrected chi connectivity index (χ3v) is 5.35. The summed E-state index contributed by atoms with van der Waals surface area (Å²) in [7, 11) is 0. The fraction of sp³-hybridized carbons (Fsp3) is 0.227. The van der Waals surface area contributed by atoms with Crippen LogP contribution in [0.4, 0.5) is 18.9 Å². The molecule has 8 nitrogen and oxygen atoms in total. The fourth-order valence-electron chi connectivity index (χ4n) is 3.75. The van der Waals surface area contributed by atoms with E-state index in [9.17, 15) is 18.0 Å². The van der Waals surface area contributed by atoms with Crippen LogP contribution in [0.15, 0.2) is 49.1 Å². The highest BCUT2D eigenvalue weighted by atomic mass is 19.4. The van der Waals surface area contributed by atoms with Gasteiger partial charge < -0.3 is 10.0 Å². The largest absolute Gasteiger partial charge is 0.593 e. The summed E-state index contributed by atoms with van der Waals surface area (Å²) in [4.78, 5) is 22.7. The minimum Gasteiger partial charge on any atom is -0.593 e. The van der Waals surface area contributed by atoms with Gasteiger partial charge in [0.2, 0.25) is 0 Å². The minimum atomic E-state index is -4.48. The average molecular weight is 457 g/mol. The monoisotopic (exact) mass is 457 g/mol. The summed E-state index contributed by atoms with van der Waals surface area (Å²) < 4.78 is 40.9. The Labute approximate surface area is 186 Å². The second-order valence-electron chi connectivity index (χ2n) is 7.68. The predicted molar refractivity (Wildman–Crippen MR) is 115 cm³/mol. The first kappa shape index (κ1) is 22.2. The SMILES string of the molecule is Cc1cc(N2C[C@H](C)n3ncc(/C([OH2+])=C/C(=N)c4cnccn4)c3C2=O)ccc1C(F)(F)F. The highest BCUT2D eigenvalue weighted by Crippen LogP contribution is 2.35. The van der Waals surface area contributed by atoms with Gasteiger partial charge in [0.1, 0.15) is 17.0 Å². The summed E-state index contributed by atoms with van der Waals surface area (Å²) in [5.74, 6) is -0.596. The van der Waals surface area contributed by atoms with Gasteiger partial charge in [-0.05, 0) is 37.6 Å². The molecule has 33 heavy (non-hydrogen) atoms. The van der Waals surface area contributed by atoms with E-state index in [0.29, 0.717) is 5.69 Å². The second-order valence-corrected chi connectivity index (χ2v) is 7.68. The van der Waals surface area contributed by atoms with Crippen molar-refractivity contribution in [3.63, 3.8) is 0 Å². The van der Waals surface area contributed by atoms with E-state index in [4.69, 9.17) is 10.5 Å². The number of halogens is 3. The molecule has 0 unspecified atom stereocenters. The zero-order valence-corrected chi connectivity index (χ0v) is 17.7. The summed E-state index contributed by atoms with van der Waals surface area (Å²) in [6, 6.07) is 3.29. The van der Waals surface area contributed by atoms with Crippen molar-refractivity contribution in [1.82, 2.24) is 19.7 Å². The highest BCUT2D eigenvalue weighted by Gasteiger charge is 2.37. The van der Waals surface area contributed by atoms with Gasteiger partial charge in [-0.3, -0.25) is 24.9 Å². The molecule has 2 aromatic heterocycles. The molecule has 0 saturated heterocycles. The lowest BCUT2D eigenvalue weighted by atomic mass is 10.0. The summed E-state index contributed by atoms with van der Waals surface area (Å²) in [6.07, 6.45) is 2.44. The molecule has 0 bridgehead atoms. The van der Waals surface area contributed by atoms with Crippen molar-refractivity contribution in [1.29, 1.82) is 5.41 Å². The number of hydrogen-bond donors (Lipinski definition) is 1. The van der Waals surface area contributed by atoms with Gasteiger partial charge in [0.15, 0.2) is 0 Å². The summed E-state index contributed by atoms with van der Waals surface area (Å²) in [5.41, 5.74) is 0.155. The van der Waals surface area contributed by atoms with Gasteiger partial charge in [-0.2, -0.15) is 18.3 Å². The number of anilines is 1. The number of nitrogens with zero attached hydrogens (tertiary/aromatic N) is 5. The standard InChI is InChI=1S/C22H19F3N6O2/c1-12-7-14(3-4-16(12)22(23,24)25)30-11-13(2)31-20(21(30)33)15(9-29-31)19(32)8-17(26)18-10-27-5-6-28-18/h3-10,13,26,32H,11H2,1-2H3/p+1/b19-8-,26-17?/t13-/m0/s1. The minimum absolute atomic E-state index is 0.0123. The number of carbonyl (C=O) groups is 1. The molecule has 1 atom stereocenters. The Kier molecular flexibility index (Phi) is 5.48. The Morgan fingerprint density at radius 3 is 2.67 bits per heavy atom. The van der Waals surface area contributed by atoms with E-state index in [1.165, 1.54) is 59.5 Å². The van der Waals surface area contributed by atoms with Gasteiger partial charge in [0.05, 0.1) is 35.8 Å².